The number of carbonyl (C=O) groups is 11. The molecule has 4 rings (SSSR count). The van der Waals surface area contributed by atoms with Gasteiger partial charge in [0.15, 0.2) is 5.96 Å². The second-order valence-corrected chi connectivity index (χ2v) is 22.1. The van der Waals surface area contributed by atoms with E-state index in [9.17, 15) is 73.2 Å². The van der Waals surface area contributed by atoms with Gasteiger partial charge in [-0.25, -0.2) is 4.79 Å². The Labute approximate surface area is 535 Å². The van der Waals surface area contributed by atoms with Crippen LogP contribution in [0.3, 0.4) is 0 Å². The molecule has 0 bridgehead atoms. The molecule has 1 aliphatic heterocycles. The maximum atomic E-state index is 14.4. The molecule has 3 aromatic carbocycles. The maximum Gasteiger partial charge on any atom is 0.344 e. The van der Waals surface area contributed by atoms with Crippen molar-refractivity contribution in [2.45, 2.75) is 51.1 Å². The van der Waals surface area contributed by atoms with Crippen LogP contribution in [0.5, 0.6) is 5.75 Å². The topological polar surface area (TPSA) is 414 Å². The minimum Gasteiger partial charge on any atom is -0.508 e. The number of nitrogens with one attached hydrogen (secondary N) is 7. The number of anilines is 1. The number of phenolic OH excluding ortho intramolecular Hbond substituents is 1. The molecule has 1 heterocycles. The van der Waals surface area contributed by atoms with Gasteiger partial charge in [-0.05, 0) is 60.2 Å². The minimum absolute atomic E-state index is 0.0667. The summed E-state index contributed by atoms with van der Waals surface area (Å²) < 4.78 is 0. The molecule has 0 aliphatic carbocycles. The first-order chi connectivity index (χ1) is 43.9. The Balaban J connectivity index is 1.26. The first kappa shape index (κ1) is 75.0. The first-order valence-electron chi connectivity index (χ1n) is 30.3. The highest BCUT2D eigenvalue weighted by Gasteiger charge is 2.29. The van der Waals surface area contributed by atoms with Gasteiger partial charge in [-0.1, -0.05) is 61.5 Å². The number of urea groups is 1. The van der Waals surface area contributed by atoms with Crippen LogP contribution in [0, 0.1) is 0 Å². The summed E-state index contributed by atoms with van der Waals surface area (Å²) >= 11 is 0. The van der Waals surface area contributed by atoms with E-state index >= 15 is 0 Å². The predicted molar refractivity (Wildman–Crippen MR) is 340 cm³/mol. The highest BCUT2D eigenvalue weighted by Crippen LogP contribution is 2.27. The van der Waals surface area contributed by atoms with Gasteiger partial charge in [0, 0.05) is 125 Å². The van der Waals surface area contributed by atoms with Crippen LogP contribution in [-0.2, 0) is 54.5 Å². The number of aromatic hydroxyl groups is 1. The monoisotopic (exact) mass is 1290 g/mol. The molecule has 1 unspecified atom stereocenters. The smallest absolute Gasteiger partial charge is 0.344 e. The van der Waals surface area contributed by atoms with Crippen LogP contribution in [-0.4, -0.2) is 284 Å². The highest BCUT2D eigenvalue weighted by molar-refractivity contribution is 5.93. The minimum atomic E-state index is -1.09. The zero-order chi connectivity index (χ0) is 67.5. The third-order valence-electron chi connectivity index (χ3n) is 14.7. The molecule has 13 N–H and O–H groups in total. The number of nitrogens with zero attached hydrogens (tertiary/aromatic N) is 8. The molecule has 0 spiro atoms. The van der Waals surface area contributed by atoms with Crippen LogP contribution in [0.25, 0.3) is 0 Å². The van der Waals surface area contributed by atoms with Crippen molar-refractivity contribution in [3.8, 4) is 5.75 Å². The number of likely N-dealkylation sites (N-methyl/N-ethyl adjacent to an activating group) is 3. The van der Waals surface area contributed by atoms with Crippen molar-refractivity contribution in [2.24, 2.45) is 10.7 Å². The van der Waals surface area contributed by atoms with E-state index < -0.39 is 71.3 Å². The average molecular weight is 1290 g/mol. The van der Waals surface area contributed by atoms with Crippen LogP contribution in [0.15, 0.2) is 83.9 Å². The Morgan fingerprint density at radius 1 is 0.522 bits per heavy atom. The van der Waals surface area contributed by atoms with Crippen molar-refractivity contribution in [3.05, 3.63) is 95.6 Å². The summed E-state index contributed by atoms with van der Waals surface area (Å²) in [7, 11) is 4.23. The summed E-state index contributed by atoms with van der Waals surface area (Å²) in [6.07, 6.45) is 1.28. The van der Waals surface area contributed by atoms with E-state index in [1.165, 1.54) is 43.1 Å². The number of aliphatic carboxylic acids is 3. The third-order valence-corrected chi connectivity index (χ3v) is 14.7. The van der Waals surface area contributed by atoms with Crippen molar-refractivity contribution < 1.29 is 73.2 Å². The number of carboxylic acid groups (broad SMARTS) is 3. The molecule has 92 heavy (non-hydrogen) atoms. The number of phenols is 1. The molecule has 1 fully saturated rings. The lowest BCUT2D eigenvalue weighted by molar-refractivity contribution is -0.143. The number of rotatable bonds is 34. The zero-order valence-electron chi connectivity index (χ0n) is 52.8. The third kappa shape index (κ3) is 29.4. The molecule has 1 saturated heterocycles. The Morgan fingerprint density at radius 3 is 1.53 bits per heavy atom. The quantitative estimate of drug-likeness (QED) is 0.0175. The lowest BCUT2D eigenvalue weighted by atomic mass is 9.90. The van der Waals surface area contributed by atoms with Crippen LogP contribution in [0.2, 0.25) is 0 Å². The molecule has 31 heteroatoms. The lowest BCUT2D eigenvalue weighted by Crippen LogP contribution is -2.50. The van der Waals surface area contributed by atoms with Crippen LogP contribution in [0.1, 0.15) is 55.2 Å². The van der Waals surface area contributed by atoms with E-state index in [1.54, 1.807) is 62.9 Å². The van der Waals surface area contributed by atoms with E-state index in [4.69, 9.17) is 5.73 Å². The second-order valence-electron chi connectivity index (χ2n) is 22.1. The van der Waals surface area contributed by atoms with Crippen LogP contribution < -0.4 is 43.0 Å². The van der Waals surface area contributed by atoms with E-state index in [0.717, 1.165) is 16.2 Å². The SMILES string of the molecule is CCC(=O)NCCNC(=O)/N=C(/N)NCCC[C@@H](NC(=O)C(c1ccccc1)c1ccc(NCCCNC(=O)CN(C)C(=O)CN(C)C(=O)CN(C)C(=O)CN2CCN(CC(=O)O)CCN(CC(=O)O)CCN(CC(=O)O)CC2)cc1)C(=O)NCc1ccc(O)cc1. The summed E-state index contributed by atoms with van der Waals surface area (Å²) in [5.74, 6) is -7.24. The van der Waals surface area contributed by atoms with Gasteiger partial charge in [-0.15, -0.1) is 0 Å². The van der Waals surface area contributed by atoms with Gasteiger partial charge >= 0.3 is 23.9 Å². The van der Waals surface area contributed by atoms with Gasteiger partial charge in [0.05, 0.1) is 51.7 Å². The number of hydrogen-bond donors (Lipinski definition) is 12. The Bertz CT molecular complexity index is 2910. The van der Waals surface area contributed by atoms with Crippen molar-refractivity contribution in [3.63, 3.8) is 0 Å². The molecule has 3 aromatic rings. The fourth-order valence-electron chi connectivity index (χ4n) is 9.42. The van der Waals surface area contributed by atoms with E-state index in [-0.39, 0.29) is 155 Å². The van der Waals surface area contributed by atoms with E-state index in [1.807, 2.05) is 30.3 Å². The first-order valence-corrected chi connectivity index (χ1v) is 30.3. The van der Waals surface area contributed by atoms with Crippen molar-refractivity contribution in [1.82, 2.24) is 66.2 Å². The molecule has 504 valence electrons. The van der Waals surface area contributed by atoms with Gasteiger partial charge in [-0.3, -0.25) is 67.5 Å². The predicted octanol–water partition coefficient (Wildman–Crippen LogP) is -1.99. The van der Waals surface area contributed by atoms with Crippen LogP contribution in [0.4, 0.5) is 10.5 Å². The summed E-state index contributed by atoms with van der Waals surface area (Å²) in [5, 5.41) is 58.2. The number of amides is 9. The van der Waals surface area contributed by atoms with E-state index in [2.05, 4.69) is 42.2 Å². The van der Waals surface area contributed by atoms with Gasteiger partial charge in [-0.2, -0.15) is 4.99 Å². The second kappa shape index (κ2) is 40.3. The molecule has 31 nitrogen and oxygen atoms in total. The summed E-state index contributed by atoms with van der Waals surface area (Å²) in [6.45, 7) is 2.51. The number of guanidine groups is 1. The fourth-order valence-corrected chi connectivity index (χ4v) is 9.42. The molecule has 0 aromatic heterocycles. The molecule has 2 atom stereocenters. The number of carboxylic acids is 3. The number of benzene rings is 3. The summed E-state index contributed by atoms with van der Waals surface area (Å²) in [4.78, 5) is 153. The Hall–Kier alpha value is -9.46. The molecule has 9 amide bonds. The van der Waals surface area contributed by atoms with Crippen molar-refractivity contribution in [2.75, 3.05) is 157 Å². The van der Waals surface area contributed by atoms with Gasteiger partial charge < -0.3 is 78.1 Å². The molecule has 1 aliphatic rings. The normalized spacial score (nSPS) is 14.3. The van der Waals surface area contributed by atoms with Gasteiger partial charge in [0.2, 0.25) is 41.4 Å². The molecule has 0 radical (unpaired) electrons. The number of carbonyl (C=O) groups excluding carboxylic acids is 8. The highest BCUT2D eigenvalue weighted by atomic mass is 16.4. The van der Waals surface area contributed by atoms with Gasteiger partial charge in [0.1, 0.15) is 11.8 Å². The lowest BCUT2D eigenvalue weighted by Gasteiger charge is -2.33. The molecular weight excluding hydrogens is 1200 g/mol. The van der Waals surface area contributed by atoms with Gasteiger partial charge in [0.25, 0.3) is 0 Å². The summed E-state index contributed by atoms with van der Waals surface area (Å²) in [5.41, 5.74) is 8.68. The van der Waals surface area contributed by atoms with E-state index in [0.29, 0.717) is 36.9 Å². The zero-order valence-corrected chi connectivity index (χ0v) is 52.8. The van der Waals surface area contributed by atoms with Crippen molar-refractivity contribution in [1.29, 1.82) is 0 Å². The number of aliphatic imine (C=N–C) groups is 1. The largest absolute Gasteiger partial charge is 0.508 e. The Kier molecular flexibility index (Phi) is 32.9. The fraction of sp³-hybridized carbons (Fsp3) is 0.508. The number of hydrogen-bond acceptors (Lipinski definition) is 17. The standard InChI is InChI=1S/C61H90N16O15/c1-5-49(79)65-25-26-67-61(92)70-60(62)66-22-9-13-48(58(90)68-35-43-14-20-47(78)21-15-43)69-59(91)57(44-11-7-6-8-12-44)45-16-18-46(19-17-45)63-23-10-24-64-50(80)36-71(2)51(81)37-72(3)52(82)38-73(4)53(83)39-74-27-29-75(40-54(84)85)31-33-77(42-56(88)89)34-32-76(30-28-74)41-55(86)87/h6-8,11-12,14-21,48,57,63,78H,5,9-10,13,22-42H2,1-4H3,(H,64,80)(H,65,79)(H,68,90)(H,69,91)(H,84,85)(H,86,87)(H,88,89)(H4,62,66,67,70,92)/t48-,57?/m1/s1. The number of nitrogens with two attached hydrogens (primary N) is 1. The molecule has 0 saturated carbocycles. The summed E-state index contributed by atoms with van der Waals surface area (Å²) in [6, 6.07) is 20.9. The average Bonchev–Trinajstić information content (AvgIpc) is 0.859. The van der Waals surface area contributed by atoms with Crippen molar-refractivity contribution >= 4 is 76.9 Å². The Morgan fingerprint density at radius 2 is 1.00 bits per heavy atom. The van der Waals surface area contributed by atoms with Crippen LogP contribution >= 0.6 is 0 Å². The molecular formula is C61H90N16O15. The maximum absolute atomic E-state index is 14.4.